The molecule has 0 saturated carbocycles. The normalized spacial score (nSPS) is 34.8. The van der Waals surface area contributed by atoms with Crippen LogP contribution in [0.1, 0.15) is 12.8 Å². The minimum absolute atomic E-state index is 0.524. The Bertz CT molecular complexity index is 125. The van der Waals surface area contributed by atoms with Crippen LogP contribution in [0, 0.1) is 0 Å². The summed E-state index contributed by atoms with van der Waals surface area (Å²) in [7, 11) is 0. The third-order valence-corrected chi connectivity index (χ3v) is 1.42. The summed E-state index contributed by atoms with van der Waals surface area (Å²) in [4.78, 5) is 10.2. The molecule has 1 saturated heterocycles. The fraction of sp³-hybridized carbons (Fsp3) is 0.800. The summed E-state index contributed by atoms with van der Waals surface area (Å²) in [6.07, 6.45) is 0.444. The maximum Gasteiger partial charge on any atom is 0.320 e. The van der Waals surface area contributed by atoms with Crippen LogP contribution in [0.5, 0.6) is 0 Å². The molecular weight excluding hydrogens is 122 g/mol. The highest BCUT2D eigenvalue weighted by atomic mass is 16.4. The van der Waals surface area contributed by atoms with Crippen LogP contribution in [0.2, 0.25) is 0 Å². The summed E-state index contributed by atoms with van der Waals surface area (Å²) in [5.41, 5.74) is 0. The first-order valence-electron chi connectivity index (χ1n) is 2.87. The van der Waals surface area contributed by atoms with Gasteiger partial charge in [0.15, 0.2) is 0 Å². The monoisotopic (exact) mass is 131 g/mol. The molecule has 1 fully saturated rings. The SMILES string of the molecule is O=C(O)[C@@H]1CC[C@H](O)N1. The number of aliphatic carboxylic acids is 1. The van der Waals surface area contributed by atoms with Gasteiger partial charge in [0.2, 0.25) is 0 Å². The van der Waals surface area contributed by atoms with Crippen LogP contribution < -0.4 is 5.32 Å². The van der Waals surface area contributed by atoms with E-state index in [1.54, 1.807) is 0 Å². The lowest BCUT2D eigenvalue weighted by molar-refractivity contribution is -0.139. The third kappa shape index (κ3) is 1.40. The Morgan fingerprint density at radius 3 is 2.44 bits per heavy atom. The average Bonchev–Trinajstić information content (AvgIpc) is 2.14. The Labute approximate surface area is 52.5 Å². The lowest BCUT2D eigenvalue weighted by Crippen LogP contribution is -2.34. The standard InChI is InChI=1S/C5H9NO3/c7-4-2-1-3(6-4)5(8)9/h3-4,6-7H,1-2H2,(H,8,9)/t3-,4-/m0/s1. The highest BCUT2D eigenvalue weighted by Gasteiger charge is 2.26. The van der Waals surface area contributed by atoms with Crippen molar-refractivity contribution >= 4 is 5.97 Å². The zero-order valence-electron chi connectivity index (χ0n) is 4.87. The maximum absolute atomic E-state index is 10.2. The molecule has 52 valence electrons. The maximum atomic E-state index is 10.2. The average molecular weight is 131 g/mol. The van der Waals surface area contributed by atoms with E-state index in [1.807, 2.05) is 0 Å². The minimum Gasteiger partial charge on any atom is -0.480 e. The minimum atomic E-state index is -0.883. The number of hydrogen-bond acceptors (Lipinski definition) is 3. The number of carbonyl (C=O) groups is 1. The van der Waals surface area contributed by atoms with Crippen LogP contribution >= 0.6 is 0 Å². The fourth-order valence-electron chi connectivity index (χ4n) is 0.918. The highest BCUT2D eigenvalue weighted by molar-refractivity contribution is 5.73. The van der Waals surface area contributed by atoms with Gasteiger partial charge < -0.3 is 10.2 Å². The van der Waals surface area contributed by atoms with Crippen LogP contribution in [0.4, 0.5) is 0 Å². The summed E-state index contributed by atoms with van der Waals surface area (Å²) >= 11 is 0. The molecule has 0 radical (unpaired) electrons. The zero-order valence-corrected chi connectivity index (χ0v) is 4.87. The van der Waals surface area contributed by atoms with Crippen molar-refractivity contribution in [1.29, 1.82) is 0 Å². The molecule has 0 amide bonds. The molecule has 0 bridgehead atoms. The van der Waals surface area contributed by atoms with Crippen molar-refractivity contribution in [1.82, 2.24) is 5.32 Å². The molecule has 9 heavy (non-hydrogen) atoms. The number of hydrogen-bond donors (Lipinski definition) is 3. The van der Waals surface area contributed by atoms with Gasteiger partial charge in [0.05, 0.1) is 0 Å². The van der Waals surface area contributed by atoms with E-state index in [4.69, 9.17) is 10.2 Å². The Balaban J connectivity index is 2.39. The number of nitrogens with one attached hydrogen (secondary N) is 1. The number of carboxylic acids is 1. The second-order valence-electron chi connectivity index (χ2n) is 2.15. The Kier molecular flexibility index (Phi) is 1.68. The third-order valence-electron chi connectivity index (χ3n) is 1.42. The van der Waals surface area contributed by atoms with Gasteiger partial charge in [0.1, 0.15) is 12.3 Å². The van der Waals surface area contributed by atoms with E-state index in [1.165, 1.54) is 0 Å². The first kappa shape index (κ1) is 6.51. The molecule has 4 heteroatoms. The lowest BCUT2D eigenvalue weighted by atomic mass is 10.2. The molecule has 2 atom stereocenters. The van der Waals surface area contributed by atoms with E-state index in [9.17, 15) is 4.79 Å². The van der Waals surface area contributed by atoms with Crippen LogP contribution in [0.15, 0.2) is 0 Å². The van der Waals surface area contributed by atoms with Crippen molar-refractivity contribution in [2.75, 3.05) is 0 Å². The van der Waals surface area contributed by atoms with Gasteiger partial charge in [-0.05, 0) is 12.8 Å². The molecule has 1 heterocycles. The van der Waals surface area contributed by atoms with Crippen molar-refractivity contribution in [3.63, 3.8) is 0 Å². The molecule has 0 unspecified atom stereocenters. The van der Waals surface area contributed by atoms with E-state index in [0.717, 1.165) is 0 Å². The molecule has 4 nitrogen and oxygen atoms in total. The van der Waals surface area contributed by atoms with E-state index in [-0.39, 0.29) is 0 Å². The molecule has 3 N–H and O–H groups in total. The summed E-state index contributed by atoms with van der Waals surface area (Å²) in [5, 5.41) is 19.6. The van der Waals surface area contributed by atoms with Crippen LogP contribution in [-0.2, 0) is 4.79 Å². The van der Waals surface area contributed by atoms with Gasteiger partial charge in [-0.25, -0.2) is 0 Å². The number of aliphatic hydroxyl groups is 1. The molecule has 0 aromatic rings. The highest BCUT2D eigenvalue weighted by Crippen LogP contribution is 2.09. The Morgan fingerprint density at radius 2 is 2.22 bits per heavy atom. The van der Waals surface area contributed by atoms with Gasteiger partial charge in [0.25, 0.3) is 0 Å². The predicted octanol–water partition coefficient (Wildman–Crippen LogP) is -0.859. The predicted molar refractivity (Wildman–Crippen MR) is 29.8 cm³/mol. The molecule has 0 aliphatic carbocycles. The summed E-state index contributed by atoms with van der Waals surface area (Å²) in [6, 6.07) is -0.542. The molecule has 0 spiro atoms. The quantitative estimate of drug-likeness (QED) is 0.433. The van der Waals surface area contributed by atoms with Gasteiger partial charge in [-0.2, -0.15) is 0 Å². The topological polar surface area (TPSA) is 69.6 Å². The first-order valence-corrected chi connectivity index (χ1v) is 2.87. The lowest BCUT2D eigenvalue weighted by Gasteiger charge is -2.03. The van der Waals surface area contributed by atoms with Crippen LogP contribution in [0.3, 0.4) is 0 Å². The van der Waals surface area contributed by atoms with E-state index in [0.29, 0.717) is 12.8 Å². The number of rotatable bonds is 1. The zero-order chi connectivity index (χ0) is 6.85. The van der Waals surface area contributed by atoms with Crippen molar-refractivity contribution in [2.45, 2.75) is 25.1 Å². The van der Waals surface area contributed by atoms with Gasteiger partial charge in [-0.3, -0.25) is 10.1 Å². The van der Waals surface area contributed by atoms with Crippen molar-refractivity contribution in [3.8, 4) is 0 Å². The molecule has 0 aromatic heterocycles. The molecule has 1 aliphatic rings. The van der Waals surface area contributed by atoms with Crippen molar-refractivity contribution in [3.05, 3.63) is 0 Å². The van der Waals surface area contributed by atoms with Crippen LogP contribution in [-0.4, -0.2) is 28.5 Å². The first-order chi connectivity index (χ1) is 4.20. The molecular formula is C5H9NO3. The summed E-state index contributed by atoms with van der Waals surface area (Å²) in [6.45, 7) is 0. The number of carboxylic acid groups (broad SMARTS) is 1. The Morgan fingerprint density at radius 1 is 1.56 bits per heavy atom. The van der Waals surface area contributed by atoms with Gasteiger partial charge >= 0.3 is 5.97 Å². The summed E-state index contributed by atoms with van der Waals surface area (Å²) in [5.74, 6) is -0.883. The van der Waals surface area contributed by atoms with Crippen molar-refractivity contribution in [2.24, 2.45) is 0 Å². The van der Waals surface area contributed by atoms with Gasteiger partial charge in [0, 0.05) is 0 Å². The number of aliphatic hydroxyl groups excluding tert-OH is 1. The molecule has 0 aromatic carbocycles. The largest absolute Gasteiger partial charge is 0.480 e. The smallest absolute Gasteiger partial charge is 0.320 e. The van der Waals surface area contributed by atoms with E-state index < -0.39 is 18.2 Å². The van der Waals surface area contributed by atoms with Gasteiger partial charge in [-0.15, -0.1) is 0 Å². The second-order valence-corrected chi connectivity index (χ2v) is 2.15. The Hall–Kier alpha value is -0.610. The van der Waals surface area contributed by atoms with E-state index >= 15 is 0 Å². The van der Waals surface area contributed by atoms with Crippen LogP contribution in [0.25, 0.3) is 0 Å². The molecule has 1 rings (SSSR count). The second kappa shape index (κ2) is 2.33. The van der Waals surface area contributed by atoms with E-state index in [2.05, 4.69) is 5.32 Å². The fourth-order valence-corrected chi connectivity index (χ4v) is 0.918. The van der Waals surface area contributed by atoms with Crippen molar-refractivity contribution < 1.29 is 15.0 Å². The van der Waals surface area contributed by atoms with Gasteiger partial charge in [-0.1, -0.05) is 0 Å². The summed E-state index contributed by atoms with van der Waals surface area (Å²) < 4.78 is 0. The molecule has 1 aliphatic heterocycles.